The van der Waals surface area contributed by atoms with E-state index in [-0.39, 0.29) is 16.8 Å². The highest BCUT2D eigenvalue weighted by atomic mass is 79.9. The minimum atomic E-state index is -0.0802. The lowest BCUT2D eigenvalue weighted by atomic mass is 10.0. The first-order chi connectivity index (χ1) is 9.52. The summed E-state index contributed by atoms with van der Waals surface area (Å²) in [5.74, 6) is 0.563. The number of alkyl halides is 1. The van der Waals surface area contributed by atoms with Crippen LogP contribution in [0, 0.1) is 5.92 Å². The van der Waals surface area contributed by atoms with Gasteiger partial charge in [-0.15, -0.1) is 0 Å². The van der Waals surface area contributed by atoms with Crippen molar-refractivity contribution in [3.63, 3.8) is 0 Å². The third kappa shape index (κ3) is 3.27. The number of hydrogen-bond acceptors (Lipinski definition) is 1. The predicted octanol–water partition coefficient (Wildman–Crippen LogP) is 3.89. The summed E-state index contributed by atoms with van der Waals surface area (Å²) < 4.78 is 2.15. The molecule has 2 unspecified atom stereocenters. The van der Waals surface area contributed by atoms with E-state index in [1.165, 1.54) is 18.5 Å². The van der Waals surface area contributed by atoms with Gasteiger partial charge in [-0.25, -0.2) is 0 Å². The minimum Gasteiger partial charge on any atom is -0.353 e. The molecule has 112 valence electrons. The zero-order valence-corrected chi connectivity index (χ0v) is 14.3. The molecule has 0 aliphatic carbocycles. The molecule has 2 rings (SSSR count). The molecule has 2 heterocycles. The summed E-state index contributed by atoms with van der Waals surface area (Å²) in [4.78, 5) is 14.8. The van der Waals surface area contributed by atoms with Crippen LogP contribution < -0.4 is 0 Å². The van der Waals surface area contributed by atoms with Crippen molar-refractivity contribution in [3.8, 4) is 0 Å². The highest BCUT2D eigenvalue weighted by Gasteiger charge is 2.32. The monoisotopic (exact) mass is 340 g/mol. The Kier molecular flexibility index (Phi) is 5.30. The summed E-state index contributed by atoms with van der Waals surface area (Å²) in [5, 5.41) is 0. The summed E-state index contributed by atoms with van der Waals surface area (Å²) in [6.07, 6.45) is 6.68. The number of nitrogens with zero attached hydrogens (tertiary/aromatic N) is 2. The summed E-state index contributed by atoms with van der Waals surface area (Å²) in [7, 11) is 2.07. The molecule has 1 amide bonds. The van der Waals surface area contributed by atoms with Crippen LogP contribution in [0.5, 0.6) is 0 Å². The van der Waals surface area contributed by atoms with Gasteiger partial charge in [0.15, 0.2) is 0 Å². The van der Waals surface area contributed by atoms with Gasteiger partial charge >= 0.3 is 0 Å². The van der Waals surface area contributed by atoms with Gasteiger partial charge in [0.2, 0.25) is 5.91 Å². The van der Waals surface area contributed by atoms with Crippen molar-refractivity contribution in [1.82, 2.24) is 9.47 Å². The van der Waals surface area contributed by atoms with Crippen molar-refractivity contribution >= 4 is 21.8 Å². The van der Waals surface area contributed by atoms with E-state index in [2.05, 4.69) is 64.6 Å². The number of halogens is 1. The fourth-order valence-corrected chi connectivity index (χ4v) is 3.21. The number of likely N-dealkylation sites (tertiary alicyclic amines) is 1. The normalized spacial score (nSPS) is 21.9. The van der Waals surface area contributed by atoms with Crippen molar-refractivity contribution in [2.45, 2.75) is 50.4 Å². The third-order valence-electron chi connectivity index (χ3n) is 4.18. The van der Waals surface area contributed by atoms with Gasteiger partial charge in [-0.1, -0.05) is 42.6 Å². The lowest BCUT2D eigenvalue weighted by molar-refractivity contribution is -0.133. The Bertz CT molecular complexity index is 455. The van der Waals surface area contributed by atoms with Gasteiger partial charge in [0.1, 0.15) is 0 Å². The number of aryl methyl sites for hydroxylation is 1. The molecule has 0 saturated carbocycles. The van der Waals surface area contributed by atoms with Crippen LogP contribution >= 0.6 is 15.9 Å². The molecule has 4 heteroatoms. The Morgan fingerprint density at radius 1 is 1.35 bits per heavy atom. The first-order valence-corrected chi connectivity index (χ1v) is 8.49. The molecule has 20 heavy (non-hydrogen) atoms. The average molecular weight is 341 g/mol. The molecule has 0 radical (unpaired) electrons. The van der Waals surface area contributed by atoms with E-state index < -0.39 is 0 Å². The van der Waals surface area contributed by atoms with Crippen molar-refractivity contribution in [3.05, 3.63) is 24.0 Å². The van der Waals surface area contributed by atoms with Crippen LogP contribution in [0.25, 0.3) is 0 Å². The second-order valence-electron chi connectivity index (χ2n) is 6.09. The molecule has 1 aromatic heterocycles. The number of carbonyl (C=O) groups excluding carboxylic acids is 1. The highest BCUT2D eigenvalue weighted by molar-refractivity contribution is 9.10. The molecule has 1 aliphatic heterocycles. The van der Waals surface area contributed by atoms with Gasteiger partial charge in [0, 0.05) is 25.5 Å². The molecule has 0 aromatic carbocycles. The van der Waals surface area contributed by atoms with Crippen molar-refractivity contribution in [2.24, 2.45) is 13.0 Å². The summed E-state index contributed by atoms with van der Waals surface area (Å²) in [5.41, 5.74) is 1.25. The number of carbonyl (C=O) groups is 1. The molecular formula is C16H25BrN2O. The molecule has 0 bridgehead atoms. The van der Waals surface area contributed by atoms with Gasteiger partial charge in [0.05, 0.1) is 10.9 Å². The first-order valence-electron chi connectivity index (χ1n) is 7.58. The zero-order valence-electron chi connectivity index (χ0n) is 12.7. The fourth-order valence-electron chi connectivity index (χ4n) is 2.94. The molecular weight excluding hydrogens is 316 g/mol. The Hall–Kier alpha value is -0.770. The predicted molar refractivity (Wildman–Crippen MR) is 85.9 cm³/mol. The van der Waals surface area contributed by atoms with E-state index in [9.17, 15) is 4.79 Å². The number of hydrogen-bond donors (Lipinski definition) is 0. The number of rotatable bonds is 3. The zero-order chi connectivity index (χ0) is 14.7. The first kappa shape index (κ1) is 15.6. The minimum absolute atomic E-state index is 0.0802. The topological polar surface area (TPSA) is 25.2 Å². The van der Waals surface area contributed by atoms with Crippen molar-refractivity contribution < 1.29 is 4.79 Å². The number of amides is 1. The molecule has 1 aromatic rings. The van der Waals surface area contributed by atoms with E-state index in [1.807, 2.05) is 0 Å². The van der Waals surface area contributed by atoms with Crippen LogP contribution in [0.15, 0.2) is 18.3 Å². The lowest BCUT2D eigenvalue weighted by Gasteiger charge is -2.33. The Morgan fingerprint density at radius 2 is 2.10 bits per heavy atom. The second kappa shape index (κ2) is 6.79. The van der Waals surface area contributed by atoms with Gasteiger partial charge in [-0.05, 0) is 30.9 Å². The average Bonchev–Trinajstić information content (AvgIpc) is 2.70. The third-order valence-corrected chi connectivity index (χ3v) is 5.63. The maximum atomic E-state index is 12.8. The van der Waals surface area contributed by atoms with Gasteiger partial charge in [-0.2, -0.15) is 0 Å². The van der Waals surface area contributed by atoms with Gasteiger partial charge in [-0.3, -0.25) is 4.79 Å². The molecule has 0 spiro atoms. The van der Waals surface area contributed by atoms with Crippen molar-refractivity contribution in [2.75, 3.05) is 6.54 Å². The fraction of sp³-hybridized carbons (Fsp3) is 0.688. The molecule has 1 fully saturated rings. The number of aromatic nitrogens is 1. The molecule has 2 atom stereocenters. The van der Waals surface area contributed by atoms with Crippen LogP contribution in [0.3, 0.4) is 0 Å². The Morgan fingerprint density at radius 3 is 2.70 bits per heavy atom. The van der Waals surface area contributed by atoms with E-state index in [4.69, 9.17) is 0 Å². The Labute approximate surface area is 130 Å². The van der Waals surface area contributed by atoms with Gasteiger partial charge in [0.25, 0.3) is 0 Å². The highest BCUT2D eigenvalue weighted by Crippen LogP contribution is 2.32. The van der Waals surface area contributed by atoms with E-state index >= 15 is 0 Å². The molecule has 1 saturated heterocycles. The van der Waals surface area contributed by atoms with Gasteiger partial charge < -0.3 is 9.47 Å². The Balaban J connectivity index is 2.26. The summed E-state index contributed by atoms with van der Waals surface area (Å²) >= 11 is 3.58. The maximum Gasteiger partial charge on any atom is 0.237 e. The van der Waals surface area contributed by atoms with Crippen LogP contribution in [-0.2, 0) is 11.8 Å². The summed E-state index contributed by atoms with van der Waals surface area (Å²) in [6, 6.07) is 4.44. The largest absolute Gasteiger partial charge is 0.353 e. The summed E-state index contributed by atoms with van der Waals surface area (Å²) in [6.45, 7) is 5.06. The quantitative estimate of drug-likeness (QED) is 0.766. The lowest BCUT2D eigenvalue weighted by Crippen LogP contribution is -2.41. The standard InChI is InChI=1S/C16H25BrN2O/c1-12(2)15(17)16(20)19-11-6-4-5-8-14(19)13-9-7-10-18(13)3/h7,9-10,12,14-15H,4-6,8,11H2,1-3H3. The van der Waals surface area contributed by atoms with Crippen LogP contribution in [0.2, 0.25) is 0 Å². The van der Waals surface area contributed by atoms with E-state index in [1.54, 1.807) is 0 Å². The smallest absolute Gasteiger partial charge is 0.237 e. The van der Waals surface area contributed by atoms with Crippen LogP contribution in [0.1, 0.15) is 51.3 Å². The maximum absolute atomic E-state index is 12.8. The molecule has 1 aliphatic rings. The molecule has 0 N–H and O–H groups in total. The second-order valence-corrected chi connectivity index (χ2v) is 7.07. The van der Waals surface area contributed by atoms with Crippen molar-refractivity contribution in [1.29, 1.82) is 0 Å². The van der Waals surface area contributed by atoms with Crippen LogP contribution in [0.4, 0.5) is 0 Å². The molecule has 3 nitrogen and oxygen atoms in total. The SMILES string of the molecule is CC(C)C(Br)C(=O)N1CCCCCC1c1cccn1C. The van der Waals surface area contributed by atoms with E-state index in [0.29, 0.717) is 5.92 Å². The van der Waals surface area contributed by atoms with Crippen LogP contribution in [-0.4, -0.2) is 26.7 Å². The van der Waals surface area contributed by atoms with E-state index in [0.717, 1.165) is 19.4 Å².